The molecule has 7 nitrogen and oxygen atoms in total. The third kappa shape index (κ3) is 5.04. The number of amides is 1. The Hall–Kier alpha value is -3.14. The summed E-state index contributed by atoms with van der Waals surface area (Å²) in [6.45, 7) is 0. The summed E-state index contributed by atoms with van der Waals surface area (Å²) in [7, 11) is 1.60. The quantitative estimate of drug-likeness (QED) is 0.151. The molecule has 0 saturated heterocycles. The van der Waals surface area contributed by atoms with Gasteiger partial charge >= 0.3 is 0 Å². The molecule has 184 valence electrons. The van der Waals surface area contributed by atoms with Crippen LogP contribution in [0.4, 0.5) is 0 Å². The SMILES string of the molecule is COc1ccc(-n2c(SCC(=O)NN=Cc3ccccc3Cl)nc3sc4c(c3c2=O)CCCC4)cc1. The Morgan fingerprint density at radius 2 is 2.00 bits per heavy atom. The zero-order valence-corrected chi connectivity index (χ0v) is 21.9. The fourth-order valence-electron chi connectivity index (χ4n) is 4.16. The van der Waals surface area contributed by atoms with Crippen LogP contribution in [0, 0.1) is 0 Å². The van der Waals surface area contributed by atoms with Crippen molar-refractivity contribution in [3.8, 4) is 11.4 Å². The largest absolute Gasteiger partial charge is 0.497 e. The molecule has 10 heteroatoms. The van der Waals surface area contributed by atoms with Gasteiger partial charge in [0.05, 0.1) is 30.2 Å². The molecule has 1 N–H and O–H groups in total. The van der Waals surface area contributed by atoms with E-state index in [9.17, 15) is 9.59 Å². The summed E-state index contributed by atoms with van der Waals surface area (Å²) in [5.41, 5.74) is 4.91. The van der Waals surface area contributed by atoms with E-state index in [4.69, 9.17) is 21.3 Å². The highest BCUT2D eigenvalue weighted by Gasteiger charge is 2.23. The van der Waals surface area contributed by atoms with Crippen molar-refractivity contribution in [2.24, 2.45) is 5.10 Å². The summed E-state index contributed by atoms with van der Waals surface area (Å²) in [6, 6.07) is 14.5. The topological polar surface area (TPSA) is 85.6 Å². The van der Waals surface area contributed by atoms with E-state index in [1.54, 1.807) is 47.3 Å². The van der Waals surface area contributed by atoms with Gasteiger partial charge in [-0.15, -0.1) is 11.3 Å². The monoisotopic (exact) mass is 538 g/mol. The first kappa shape index (κ1) is 24.5. The molecule has 0 bridgehead atoms. The first-order valence-corrected chi connectivity index (χ1v) is 13.6. The van der Waals surface area contributed by atoms with Crippen molar-refractivity contribution < 1.29 is 9.53 Å². The molecule has 4 aromatic rings. The van der Waals surface area contributed by atoms with Gasteiger partial charge < -0.3 is 4.74 Å². The van der Waals surface area contributed by atoms with E-state index in [-0.39, 0.29) is 17.2 Å². The minimum absolute atomic E-state index is 0.0407. The van der Waals surface area contributed by atoms with Gasteiger partial charge in [-0.2, -0.15) is 5.10 Å². The van der Waals surface area contributed by atoms with E-state index in [0.29, 0.717) is 32.6 Å². The number of methoxy groups -OCH3 is 1. The van der Waals surface area contributed by atoms with Gasteiger partial charge in [0.25, 0.3) is 11.5 Å². The number of carbonyl (C=O) groups excluding carboxylic acids is 1. The van der Waals surface area contributed by atoms with Crippen LogP contribution in [0.15, 0.2) is 63.6 Å². The van der Waals surface area contributed by atoms with Gasteiger partial charge in [-0.1, -0.05) is 41.6 Å². The van der Waals surface area contributed by atoms with Crippen molar-refractivity contribution in [1.29, 1.82) is 0 Å². The van der Waals surface area contributed by atoms with Crippen LogP contribution in [0.3, 0.4) is 0 Å². The number of hydrazone groups is 1. The van der Waals surface area contributed by atoms with Crippen LogP contribution in [0.1, 0.15) is 28.8 Å². The zero-order valence-electron chi connectivity index (χ0n) is 19.5. The number of aromatic nitrogens is 2. The number of nitrogens with zero attached hydrogens (tertiary/aromatic N) is 3. The van der Waals surface area contributed by atoms with E-state index in [1.165, 1.54) is 22.9 Å². The maximum absolute atomic E-state index is 13.8. The van der Waals surface area contributed by atoms with Crippen LogP contribution >= 0.6 is 34.7 Å². The lowest BCUT2D eigenvalue weighted by atomic mass is 9.97. The molecule has 1 aliphatic carbocycles. The molecule has 0 radical (unpaired) electrons. The van der Waals surface area contributed by atoms with E-state index in [1.807, 2.05) is 24.3 Å². The lowest BCUT2D eigenvalue weighted by Gasteiger charge is -2.14. The Kier molecular flexibility index (Phi) is 7.41. The second-order valence-electron chi connectivity index (χ2n) is 8.23. The summed E-state index contributed by atoms with van der Waals surface area (Å²) in [5, 5.41) is 5.71. The summed E-state index contributed by atoms with van der Waals surface area (Å²) in [5.74, 6) is 0.419. The summed E-state index contributed by atoms with van der Waals surface area (Å²) < 4.78 is 6.86. The van der Waals surface area contributed by atoms with Crippen molar-refractivity contribution in [2.45, 2.75) is 30.8 Å². The smallest absolute Gasteiger partial charge is 0.267 e. The van der Waals surface area contributed by atoms with Gasteiger partial charge in [-0.25, -0.2) is 10.4 Å². The average molecular weight is 539 g/mol. The fourth-order valence-corrected chi connectivity index (χ4v) is 6.45. The molecule has 0 saturated carbocycles. The van der Waals surface area contributed by atoms with Crippen molar-refractivity contribution >= 4 is 57.0 Å². The number of hydrogen-bond acceptors (Lipinski definition) is 7. The second kappa shape index (κ2) is 10.9. The van der Waals surface area contributed by atoms with E-state index < -0.39 is 0 Å². The first-order valence-electron chi connectivity index (χ1n) is 11.5. The third-order valence-electron chi connectivity index (χ3n) is 5.92. The molecular formula is C26H23ClN4O3S2. The van der Waals surface area contributed by atoms with Crippen LogP contribution in [0.25, 0.3) is 15.9 Å². The van der Waals surface area contributed by atoms with Crippen molar-refractivity contribution in [3.05, 3.63) is 79.9 Å². The van der Waals surface area contributed by atoms with Crippen LogP contribution in [-0.4, -0.2) is 34.5 Å². The third-order valence-corrected chi connectivity index (χ3v) is 8.39. The number of rotatable bonds is 7. The van der Waals surface area contributed by atoms with Gasteiger partial charge in [0.1, 0.15) is 10.6 Å². The number of thiophene rings is 1. The van der Waals surface area contributed by atoms with Gasteiger partial charge in [0, 0.05) is 15.5 Å². The summed E-state index contributed by atoms with van der Waals surface area (Å²) in [4.78, 5) is 33.1. The van der Waals surface area contributed by atoms with Crippen molar-refractivity contribution in [1.82, 2.24) is 15.0 Å². The van der Waals surface area contributed by atoms with Crippen LogP contribution in [-0.2, 0) is 17.6 Å². The molecule has 1 aliphatic rings. The Bertz CT molecular complexity index is 1510. The number of benzene rings is 2. The predicted molar refractivity (Wildman–Crippen MR) is 146 cm³/mol. The Morgan fingerprint density at radius 3 is 2.78 bits per heavy atom. The molecule has 2 aromatic carbocycles. The van der Waals surface area contributed by atoms with Crippen molar-refractivity contribution in [3.63, 3.8) is 0 Å². The van der Waals surface area contributed by atoms with Crippen LogP contribution in [0.2, 0.25) is 5.02 Å². The molecule has 0 atom stereocenters. The number of hydrogen-bond donors (Lipinski definition) is 1. The highest BCUT2D eigenvalue weighted by Crippen LogP contribution is 2.35. The number of aryl methyl sites for hydroxylation is 2. The van der Waals surface area contributed by atoms with Gasteiger partial charge in [-0.3, -0.25) is 14.2 Å². The van der Waals surface area contributed by atoms with Crippen LogP contribution < -0.4 is 15.7 Å². The molecule has 2 heterocycles. The molecule has 36 heavy (non-hydrogen) atoms. The van der Waals surface area contributed by atoms with Crippen molar-refractivity contribution in [2.75, 3.05) is 12.9 Å². The molecule has 5 rings (SSSR count). The number of carbonyl (C=O) groups is 1. The maximum atomic E-state index is 13.8. The summed E-state index contributed by atoms with van der Waals surface area (Å²) >= 11 is 8.91. The normalized spacial score (nSPS) is 13.2. The number of ether oxygens (including phenoxy) is 1. The molecule has 0 aliphatic heterocycles. The highest BCUT2D eigenvalue weighted by molar-refractivity contribution is 7.99. The average Bonchev–Trinajstić information content (AvgIpc) is 3.27. The van der Waals surface area contributed by atoms with E-state index in [0.717, 1.165) is 36.1 Å². The maximum Gasteiger partial charge on any atom is 0.267 e. The molecule has 1 amide bonds. The van der Waals surface area contributed by atoms with Gasteiger partial charge in [0.15, 0.2) is 5.16 Å². The number of fused-ring (bicyclic) bond motifs is 3. The zero-order chi connectivity index (χ0) is 25.1. The molecule has 2 aromatic heterocycles. The molecule has 0 unspecified atom stereocenters. The molecular weight excluding hydrogens is 516 g/mol. The highest BCUT2D eigenvalue weighted by atomic mass is 35.5. The van der Waals surface area contributed by atoms with Crippen LogP contribution in [0.5, 0.6) is 5.75 Å². The van der Waals surface area contributed by atoms with Gasteiger partial charge in [-0.05, 0) is 61.6 Å². The predicted octanol–water partition coefficient (Wildman–Crippen LogP) is 5.23. The lowest BCUT2D eigenvalue weighted by molar-refractivity contribution is -0.118. The molecule has 0 spiro atoms. The minimum atomic E-state index is -0.315. The second-order valence-corrected chi connectivity index (χ2v) is 10.7. The molecule has 0 fully saturated rings. The number of halogens is 1. The van der Waals surface area contributed by atoms with E-state index >= 15 is 0 Å². The lowest BCUT2D eigenvalue weighted by Crippen LogP contribution is -2.24. The standard InChI is InChI=1S/C26H23ClN4O3S2/c1-34-18-12-10-17(11-13-18)31-25(33)23-19-7-3-5-9-21(19)36-24(23)29-26(31)35-15-22(32)30-28-14-16-6-2-4-8-20(16)27/h2,4,6,8,10-14H,3,5,7,9,15H2,1H3,(H,30,32). The number of nitrogens with one attached hydrogen (secondary N) is 1. The number of thioether (sulfide) groups is 1. The van der Waals surface area contributed by atoms with Gasteiger partial charge in [0.2, 0.25) is 0 Å². The first-order chi connectivity index (χ1) is 17.5. The fraction of sp³-hybridized carbons (Fsp3) is 0.231. The Balaban J connectivity index is 1.44. The Morgan fingerprint density at radius 1 is 1.22 bits per heavy atom. The summed E-state index contributed by atoms with van der Waals surface area (Å²) in [6.07, 6.45) is 5.58. The van der Waals surface area contributed by atoms with E-state index in [2.05, 4.69) is 10.5 Å². The Labute approximate surface area is 221 Å². The minimum Gasteiger partial charge on any atom is -0.497 e.